The fourth-order valence-corrected chi connectivity index (χ4v) is 2.15. The highest BCUT2D eigenvalue weighted by Gasteiger charge is 2.42. The van der Waals surface area contributed by atoms with Crippen LogP contribution in [0.15, 0.2) is 0 Å². The van der Waals surface area contributed by atoms with E-state index in [0.717, 1.165) is 6.42 Å². The van der Waals surface area contributed by atoms with Gasteiger partial charge in [0.05, 0.1) is 5.92 Å². The van der Waals surface area contributed by atoms with E-state index in [0.29, 0.717) is 19.3 Å². The highest BCUT2D eigenvalue weighted by molar-refractivity contribution is 5.76. The van der Waals surface area contributed by atoms with Gasteiger partial charge in [-0.1, -0.05) is 13.3 Å². The minimum absolute atomic E-state index is 0.0406. The summed E-state index contributed by atoms with van der Waals surface area (Å²) in [5, 5.41) is 2.68. The zero-order valence-corrected chi connectivity index (χ0v) is 9.44. The lowest BCUT2D eigenvalue weighted by Crippen LogP contribution is -2.41. The Kier molecular flexibility index (Phi) is 4.62. The summed E-state index contributed by atoms with van der Waals surface area (Å²) in [6.45, 7) is 1.87. The van der Waals surface area contributed by atoms with E-state index < -0.39 is 12.1 Å². The largest absolute Gasteiger partial charge is 0.391 e. The molecular weight excluding hydrogens is 219 g/mol. The van der Waals surface area contributed by atoms with Crippen LogP contribution in [0.4, 0.5) is 13.2 Å². The molecule has 16 heavy (non-hydrogen) atoms. The number of nitrogens with one attached hydrogen (secondary N) is 1. The average molecular weight is 237 g/mol. The van der Waals surface area contributed by atoms with Crippen LogP contribution < -0.4 is 5.32 Å². The van der Waals surface area contributed by atoms with Crippen LogP contribution in [0, 0.1) is 5.92 Å². The standard InChI is InChI=1S/C11H18F3NO/c1-2-4-10(16)15-9-6-3-5-8(7-9)11(12,13)14/h8-9H,2-7H2,1H3,(H,15,16)/t8-,9-/m0/s1. The van der Waals surface area contributed by atoms with Gasteiger partial charge in [-0.25, -0.2) is 0 Å². The van der Waals surface area contributed by atoms with Crippen molar-refractivity contribution in [3.05, 3.63) is 0 Å². The number of rotatable bonds is 3. The number of alkyl halides is 3. The molecule has 1 amide bonds. The van der Waals surface area contributed by atoms with Crippen molar-refractivity contribution >= 4 is 5.91 Å². The Morgan fingerprint density at radius 2 is 2.06 bits per heavy atom. The first-order valence-electron chi connectivity index (χ1n) is 5.79. The lowest BCUT2D eigenvalue weighted by molar-refractivity contribution is -0.184. The summed E-state index contributed by atoms with van der Waals surface area (Å²) in [7, 11) is 0. The molecule has 1 saturated carbocycles. The van der Waals surface area contributed by atoms with E-state index in [-0.39, 0.29) is 24.8 Å². The van der Waals surface area contributed by atoms with Gasteiger partial charge in [0.15, 0.2) is 0 Å². The van der Waals surface area contributed by atoms with E-state index in [1.54, 1.807) is 0 Å². The third-order valence-electron chi connectivity index (χ3n) is 2.98. The van der Waals surface area contributed by atoms with Gasteiger partial charge in [0.2, 0.25) is 5.91 Å². The maximum absolute atomic E-state index is 12.5. The molecule has 0 bridgehead atoms. The lowest BCUT2D eigenvalue weighted by Gasteiger charge is -2.31. The molecule has 1 fully saturated rings. The summed E-state index contributed by atoms with van der Waals surface area (Å²) in [5.41, 5.74) is 0. The quantitative estimate of drug-likeness (QED) is 0.803. The number of amides is 1. The van der Waals surface area contributed by atoms with Gasteiger partial charge in [-0.15, -0.1) is 0 Å². The van der Waals surface area contributed by atoms with E-state index in [2.05, 4.69) is 5.32 Å². The Balaban J connectivity index is 2.42. The Hall–Kier alpha value is -0.740. The fraction of sp³-hybridized carbons (Fsp3) is 0.909. The molecule has 1 N–H and O–H groups in total. The van der Waals surface area contributed by atoms with Crippen molar-refractivity contribution in [3.63, 3.8) is 0 Å². The second-order valence-corrected chi connectivity index (χ2v) is 4.42. The first kappa shape index (κ1) is 13.3. The van der Waals surface area contributed by atoms with Crippen LogP contribution in [-0.2, 0) is 4.79 Å². The lowest BCUT2D eigenvalue weighted by atomic mass is 9.85. The maximum Gasteiger partial charge on any atom is 0.391 e. The topological polar surface area (TPSA) is 29.1 Å². The van der Waals surface area contributed by atoms with Crippen LogP contribution >= 0.6 is 0 Å². The van der Waals surface area contributed by atoms with Gasteiger partial charge < -0.3 is 5.32 Å². The molecule has 0 radical (unpaired) electrons. The van der Waals surface area contributed by atoms with E-state index in [1.807, 2.05) is 6.92 Å². The third-order valence-corrected chi connectivity index (χ3v) is 2.98. The van der Waals surface area contributed by atoms with Crippen molar-refractivity contribution < 1.29 is 18.0 Å². The zero-order valence-electron chi connectivity index (χ0n) is 9.44. The Morgan fingerprint density at radius 1 is 1.38 bits per heavy atom. The minimum Gasteiger partial charge on any atom is -0.353 e. The third kappa shape index (κ3) is 4.02. The van der Waals surface area contributed by atoms with Crippen molar-refractivity contribution in [3.8, 4) is 0 Å². The van der Waals surface area contributed by atoms with Crippen LogP contribution in [0.3, 0.4) is 0 Å². The first-order valence-corrected chi connectivity index (χ1v) is 5.79. The van der Waals surface area contributed by atoms with Crippen LogP contribution in [0.5, 0.6) is 0 Å². The molecule has 5 heteroatoms. The minimum atomic E-state index is -4.12. The van der Waals surface area contributed by atoms with Gasteiger partial charge in [0, 0.05) is 12.5 Å². The summed E-state index contributed by atoms with van der Waals surface area (Å²) < 4.78 is 37.5. The van der Waals surface area contributed by atoms with Crippen molar-refractivity contribution in [2.45, 2.75) is 57.7 Å². The van der Waals surface area contributed by atoms with Gasteiger partial charge in [-0.2, -0.15) is 13.2 Å². The number of carbonyl (C=O) groups excluding carboxylic acids is 1. The maximum atomic E-state index is 12.5. The van der Waals surface area contributed by atoms with Gasteiger partial charge in [0.25, 0.3) is 0 Å². The smallest absolute Gasteiger partial charge is 0.353 e. The first-order chi connectivity index (χ1) is 7.43. The molecule has 0 aromatic rings. The molecule has 0 saturated heterocycles. The second kappa shape index (κ2) is 5.55. The summed E-state index contributed by atoms with van der Waals surface area (Å²) >= 11 is 0. The van der Waals surface area contributed by atoms with E-state index >= 15 is 0 Å². The molecule has 0 aromatic carbocycles. The van der Waals surface area contributed by atoms with Crippen LogP contribution in [0.2, 0.25) is 0 Å². The van der Waals surface area contributed by atoms with Gasteiger partial charge >= 0.3 is 6.18 Å². The van der Waals surface area contributed by atoms with Gasteiger partial charge in [-0.3, -0.25) is 4.79 Å². The van der Waals surface area contributed by atoms with Crippen LogP contribution in [0.1, 0.15) is 45.4 Å². The Labute approximate surface area is 93.6 Å². The Morgan fingerprint density at radius 3 is 2.62 bits per heavy atom. The molecule has 1 aliphatic rings. The van der Waals surface area contributed by atoms with E-state index in [4.69, 9.17) is 0 Å². The van der Waals surface area contributed by atoms with Crippen molar-refractivity contribution in [1.82, 2.24) is 5.32 Å². The summed E-state index contributed by atoms with van der Waals surface area (Å²) in [4.78, 5) is 11.3. The van der Waals surface area contributed by atoms with E-state index in [9.17, 15) is 18.0 Å². The molecule has 94 valence electrons. The van der Waals surface area contributed by atoms with Crippen LogP contribution in [-0.4, -0.2) is 18.1 Å². The molecule has 2 atom stereocenters. The molecule has 0 unspecified atom stereocenters. The van der Waals surface area contributed by atoms with Crippen molar-refractivity contribution in [2.75, 3.05) is 0 Å². The normalized spacial score (nSPS) is 26.5. The van der Waals surface area contributed by atoms with Gasteiger partial charge in [-0.05, 0) is 25.7 Å². The number of hydrogen-bond donors (Lipinski definition) is 1. The molecule has 1 aliphatic carbocycles. The highest BCUT2D eigenvalue weighted by Crippen LogP contribution is 2.37. The summed E-state index contributed by atoms with van der Waals surface area (Å²) in [6.07, 6.45) is -1.55. The molecule has 0 aliphatic heterocycles. The summed E-state index contributed by atoms with van der Waals surface area (Å²) in [6, 6.07) is -0.292. The number of hydrogen-bond acceptors (Lipinski definition) is 1. The number of carbonyl (C=O) groups is 1. The highest BCUT2D eigenvalue weighted by atomic mass is 19.4. The summed E-state index contributed by atoms with van der Waals surface area (Å²) in [5.74, 6) is -1.37. The van der Waals surface area contributed by atoms with Crippen molar-refractivity contribution in [1.29, 1.82) is 0 Å². The molecule has 0 aromatic heterocycles. The SMILES string of the molecule is CCCC(=O)N[C@H]1CCC[C@H](C(F)(F)F)C1. The molecule has 2 nitrogen and oxygen atoms in total. The van der Waals surface area contributed by atoms with Crippen LogP contribution in [0.25, 0.3) is 0 Å². The number of halogens is 3. The van der Waals surface area contributed by atoms with Crippen molar-refractivity contribution in [2.24, 2.45) is 5.92 Å². The second-order valence-electron chi connectivity index (χ2n) is 4.42. The van der Waals surface area contributed by atoms with Gasteiger partial charge in [0.1, 0.15) is 0 Å². The molecular formula is C11H18F3NO. The predicted octanol–water partition coefficient (Wildman–Crippen LogP) is 3.02. The molecule has 1 rings (SSSR count). The molecule has 0 spiro atoms. The zero-order chi connectivity index (χ0) is 12.2. The van der Waals surface area contributed by atoms with E-state index in [1.165, 1.54) is 0 Å². The Bertz CT molecular complexity index is 240. The average Bonchev–Trinajstić information content (AvgIpc) is 2.17. The molecule has 0 heterocycles. The fourth-order valence-electron chi connectivity index (χ4n) is 2.15. The predicted molar refractivity (Wildman–Crippen MR) is 54.9 cm³/mol. The monoisotopic (exact) mass is 237 g/mol.